The molecule has 0 unspecified atom stereocenters. The van der Waals surface area contributed by atoms with E-state index < -0.39 is 0 Å². The van der Waals surface area contributed by atoms with Crippen LogP contribution in [0.4, 0.5) is 5.69 Å². The van der Waals surface area contributed by atoms with Gasteiger partial charge in [0.1, 0.15) is 5.69 Å². The van der Waals surface area contributed by atoms with E-state index in [2.05, 4.69) is 24.1 Å². The minimum absolute atomic E-state index is 0. The normalized spacial score (nSPS) is 10.4. The molecule has 1 aromatic carbocycles. The number of thioether (sulfide) groups is 1. The summed E-state index contributed by atoms with van der Waals surface area (Å²) in [4.78, 5) is 17.6. The van der Waals surface area contributed by atoms with Gasteiger partial charge in [0.2, 0.25) is 0 Å². The first-order valence-electron chi connectivity index (χ1n) is 6.81. The molecule has 7 heteroatoms. The fraction of sp³-hybridized carbons (Fsp3) is 0.333. The lowest BCUT2D eigenvalue weighted by Gasteiger charge is -2.11. The summed E-state index contributed by atoms with van der Waals surface area (Å²) in [7, 11) is 0. The molecule has 120 valence electrons. The van der Waals surface area contributed by atoms with E-state index in [9.17, 15) is 4.79 Å². The summed E-state index contributed by atoms with van der Waals surface area (Å²) in [5, 5.41) is 6.07. The average molecular weight is 358 g/mol. The van der Waals surface area contributed by atoms with Crippen LogP contribution in [0, 0.1) is 0 Å². The Kier molecular flexibility index (Phi) is 7.89. The number of carbonyl (C=O) groups is 1. The number of thiazole rings is 1. The Balaban J connectivity index is 0.00000242. The fourth-order valence-electron chi connectivity index (χ4n) is 1.77. The maximum Gasteiger partial charge on any atom is 0.275 e. The van der Waals surface area contributed by atoms with Gasteiger partial charge in [-0.1, -0.05) is 26.0 Å². The standard InChI is InChI=1S/C15H19N3OS2.ClH/c1-10(2)21-13-6-4-3-5-11(13)18-15(19)12-9-20-14(17-12)7-8-16;/h3-6,9-10H,7-8,16H2,1-2H3,(H,18,19);1H. The summed E-state index contributed by atoms with van der Waals surface area (Å²) in [6, 6.07) is 7.82. The van der Waals surface area contributed by atoms with E-state index in [1.807, 2.05) is 24.3 Å². The summed E-state index contributed by atoms with van der Waals surface area (Å²) in [6.07, 6.45) is 0.706. The number of hydrogen-bond donors (Lipinski definition) is 2. The van der Waals surface area contributed by atoms with Crippen LogP contribution in [0.5, 0.6) is 0 Å². The number of benzene rings is 1. The van der Waals surface area contributed by atoms with Gasteiger partial charge in [-0.05, 0) is 18.7 Å². The van der Waals surface area contributed by atoms with Crippen LogP contribution in [0.25, 0.3) is 0 Å². The lowest BCUT2D eigenvalue weighted by molar-refractivity contribution is 0.102. The van der Waals surface area contributed by atoms with Crippen molar-refractivity contribution in [2.24, 2.45) is 5.73 Å². The molecule has 0 bridgehead atoms. The van der Waals surface area contributed by atoms with Gasteiger partial charge in [0.25, 0.3) is 5.91 Å². The van der Waals surface area contributed by atoms with Crippen LogP contribution in [-0.2, 0) is 6.42 Å². The zero-order valence-electron chi connectivity index (χ0n) is 12.5. The van der Waals surface area contributed by atoms with Crippen molar-refractivity contribution < 1.29 is 4.79 Å². The molecule has 0 radical (unpaired) electrons. The lowest BCUT2D eigenvalue weighted by Crippen LogP contribution is -2.13. The lowest BCUT2D eigenvalue weighted by atomic mass is 10.3. The van der Waals surface area contributed by atoms with Crippen LogP contribution >= 0.6 is 35.5 Å². The van der Waals surface area contributed by atoms with Crippen LogP contribution in [0.2, 0.25) is 0 Å². The van der Waals surface area contributed by atoms with Gasteiger partial charge in [0, 0.05) is 21.9 Å². The second-order valence-corrected chi connectivity index (χ2v) is 7.34. The smallest absolute Gasteiger partial charge is 0.275 e. The topological polar surface area (TPSA) is 68.0 Å². The molecule has 0 spiro atoms. The van der Waals surface area contributed by atoms with Crippen molar-refractivity contribution >= 4 is 47.1 Å². The van der Waals surface area contributed by atoms with E-state index in [4.69, 9.17) is 5.73 Å². The van der Waals surface area contributed by atoms with Crippen LogP contribution in [-0.4, -0.2) is 22.7 Å². The maximum absolute atomic E-state index is 12.3. The van der Waals surface area contributed by atoms with Gasteiger partial charge in [-0.15, -0.1) is 35.5 Å². The highest BCUT2D eigenvalue weighted by molar-refractivity contribution is 8.00. The number of anilines is 1. The maximum atomic E-state index is 12.3. The van der Waals surface area contributed by atoms with Gasteiger partial charge < -0.3 is 11.1 Å². The van der Waals surface area contributed by atoms with Gasteiger partial charge in [0.05, 0.1) is 10.7 Å². The fourth-order valence-corrected chi connectivity index (χ4v) is 3.47. The van der Waals surface area contributed by atoms with Crippen molar-refractivity contribution in [2.75, 3.05) is 11.9 Å². The Morgan fingerprint density at radius 3 is 2.82 bits per heavy atom. The van der Waals surface area contributed by atoms with Crippen molar-refractivity contribution in [3.8, 4) is 0 Å². The number of aromatic nitrogens is 1. The molecular formula is C15H20ClN3OS2. The Morgan fingerprint density at radius 2 is 2.14 bits per heavy atom. The van der Waals surface area contributed by atoms with Crippen LogP contribution in [0.15, 0.2) is 34.5 Å². The van der Waals surface area contributed by atoms with E-state index in [1.165, 1.54) is 11.3 Å². The second kappa shape index (κ2) is 9.15. The summed E-state index contributed by atoms with van der Waals surface area (Å²) in [5.41, 5.74) is 6.78. The van der Waals surface area contributed by atoms with Gasteiger partial charge in [-0.25, -0.2) is 4.98 Å². The number of rotatable bonds is 6. The number of amides is 1. The van der Waals surface area contributed by atoms with Crippen molar-refractivity contribution in [1.82, 2.24) is 4.98 Å². The zero-order valence-corrected chi connectivity index (χ0v) is 15.0. The predicted octanol–water partition coefficient (Wildman–Crippen LogP) is 3.82. The van der Waals surface area contributed by atoms with Crippen molar-refractivity contribution in [3.63, 3.8) is 0 Å². The number of nitrogens with one attached hydrogen (secondary N) is 1. The molecule has 0 atom stereocenters. The monoisotopic (exact) mass is 357 g/mol. The number of halogens is 1. The third kappa shape index (κ3) is 5.28. The second-order valence-electron chi connectivity index (χ2n) is 4.78. The van der Waals surface area contributed by atoms with Crippen LogP contribution in [0.3, 0.4) is 0 Å². The molecule has 4 nitrogen and oxygen atoms in total. The molecule has 0 fully saturated rings. The molecule has 22 heavy (non-hydrogen) atoms. The number of hydrogen-bond acceptors (Lipinski definition) is 5. The Hall–Kier alpha value is -1.08. The van der Waals surface area contributed by atoms with E-state index in [0.29, 0.717) is 23.9 Å². The molecule has 2 rings (SSSR count). The van der Waals surface area contributed by atoms with Gasteiger partial charge in [0.15, 0.2) is 0 Å². The van der Waals surface area contributed by atoms with Gasteiger partial charge in [-0.3, -0.25) is 4.79 Å². The van der Waals surface area contributed by atoms with Gasteiger partial charge in [-0.2, -0.15) is 0 Å². The third-order valence-electron chi connectivity index (χ3n) is 2.64. The average Bonchev–Trinajstić information content (AvgIpc) is 2.89. The molecule has 0 saturated carbocycles. The van der Waals surface area contributed by atoms with E-state index in [0.717, 1.165) is 15.6 Å². The number of nitrogens with two attached hydrogens (primary N) is 1. The molecule has 0 aliphatic carbocycles. The summed E-state index contributed by atoms with van der Waals surface area (Å²) in [6.45, 7) is 4.80. The van der Waals surface area contributed by atoms with Crippen LogP contribution in [0.1, 0.15) is 29.3 Å². The third-order valence-corrected chi connectivity index (χ3v) is 4.63. The number of carbonyl (C=O) groups excluding carboxylic acids is 1. The van der Waals surface area contributed by atoms with E-state index in [-0.39, 0.29) is 18.3 Å². The molecule has 3 N–H and O–H groups in total. The predicted molar refractivity (Wildman–Crippen MR) is 97.5 cm³/mol. The molecule has 1 aromatic heterocycles. The quantitative estimate of drug-likeness (QED) is 0.771. The van der Waals surface area contributed by atoms with Crippen LogP contribution < -0.4 is 11.1 Å². The number of para-hydroxylation sites is 1. The Labute approximate surface area is 145 Å². The summed E-state index contributed by atoms with van der Waals surface area (Å²) in [5.74, 6) is -0.175. The zero-order chi connectivity index (χ0) is 15.2. The summed E-state index contributed by atoms with van der Waals surface area (Å²) >= 11 is 3.20. The Morgan fingerprint density at radius 1 is 1.41 bits per heavy atom. The van der Waals surface area contributed by atoms with Gasteiger partial charge >= 0.3 is 0 Å². The van der Waals surface area contributed by atoms with Crippen molar-refractivity contribution in [2.45, 2.75) is 30.4 Å². The minimum Gasteiger partial charge on any atom is -0.330 e. The van der Waals surface area contributed by atoms with Crippen molar-refractivity contribution in [3.05, 3.63) is 40.3 Å². The molecular weight excluding hydrogens is 338 g/mol. The first-order valence-corrected chi connectivity index (χ1v) is 8.57. The van der Waals surface area contributed by atoms with E-state index in [1.54, 1.807) is 17.1 Å². The van der Waals surface area contributed by atoms with Crippen molar-refractivity contribution in [1.29, 1.82) is 0 Å². The highest BCUT2D eigenvalue weighted by Crippen LogP contribution is 2.30. The molecule has 0 saturated heterocycles. The number of nitrogens with zero attached hydrogens (tertiary/aromatic N) is 1. The molecule has 1 amide bonds. The largest absolute Gasteiger partial charge is 0.330 e. The summed E-state index contributed by atoms with van der Waals surface area (Å²) < 4.78 is 0. The Bertz CT molecular complexity index is 616. The molecule has 0 aliphatic heterocycles. The molecule has 2 aromatic rings. The van der Waals surface area contributed by atoms with E-state index >= 15 is 0 Å². The first kappa shape index (κ1) is 19.0. The highest BCUT2D eigenvalue weighted by Gasteiger charge is 2.13. The molecule has 1 heterocycles. The minimum atomic E-state index is -0.175. The highest BCUT2D eigenvalue weighted by atomic mass is 35.5. The first-order chi connectivity index (χ1) is 10.1. The molecule has 0 aliphatic rings. The SMILES string of the molecule is CC(C)Sc1ccccc1NC(=O)c1csc(CCN)n1.Cl.